The van der Waals surface area contributed by atoms with Crippen LogP contribution in [-0.4, -0.2) is 44.6 Å². The number of hydrogen-bond donors (Lipinski definition) is 1. The average molecular weight is 359 g/mol. The highest BCUT2D eigenvalue weighted by atomic mass is 16.5. The van der Waals surface area contributed by atoms with Crippen LogP contribution in [0.3, 0.4) is 0 Å². The van der Waals surface area contributed by atoms with Crippen LogP contribution in [-0.2, 0) is 4.79 Å². The summed E-state index contributed by atoms with van der Waals surface area (Å²) >= 11 is 0. The molecule has 1 aliphatic carbocycles. The molecule has 2 aromatic rings. The first-order chi connectivity index (χ1) is 12.3. The Morgan fingerprint density at radius 1 is 1.31 bits per heavy atom. The maximum absolute atomic E-state index is 13.3. The minimum Gasteiger partial charge on any atom is -0.481 e. The van der Waals surface area contributed by atoms with Crippen molar-refractivity contribution >= 4 is 23.0 Å². The highest BCUT2D eigenvalue weighted by molar-refractivity contribution is 6.06. The van der Waals surface area contributed by atoms with Gasteiger partial charge in [-0.3, -0.25) is 9.59 Å². The monoisotopic (exact) mass is 359 g/mol. The quantitative estimate of drug-likeness (QED) is 0.812. The van der Waals surface area contributed by atoms with Crippen molar-refractivity contribution in [3.05, 3.63) is 23.0 Å². The maximum atomic E-state index is 13.3. The number of carbonyl (C=O) groups excluding carboxylic acids is 1. The number of pyridine rings is 1. The van der Waals surface area contributed by atoms with Gasteiger partial charge in [0.2, 0.25) is 0 Å². The molecule has 1 fully saturated rings. The lowest BCUT2D eigenvalue weighted by Gasteiger charge is -2.26. The first-order valence-corrected chi connectivity index (χ1v) is 9.12. The van der Waals surface area contributed by atoms with E-state index in [4.69, 9.17) is 9.63 Å². The molecule has 1 aliphatic rings. The third kappa shape index (κ3) is 3.57. The Kier molecular flexibility index (Phi) is 4.98. The zero-order chi connectivity index (χ0) is 19.0. The Balaban J connectivity index is 2.09. The number of aliphatic carboxylic acids is 1. The van der Waals surface area contributed by atoms with Gasteiger partial charge < -0.3 is 14.5 Å². The van der Waals surface area contributed by atoms with Crippen LogP contribution in [0, 0.1) is 0 Å². The lowest BCUT2D eigenvalue weighted by molar-refractivity contribution is -0.137. The summed E-state index contributed by atoms with van der Waals surface area (Å²) in [5, 5.41) is 13.8. The highest BCUT2D eigenvalue weighted by Crippen LogP contribution is 2.41. The Labute approximate surface area is 152 Å². The van der Waals surface area contributed by atoms with Gasteiger partial charge in [0.05, 0.1) is 23.1 Å². The molecule has 0 atom stereocenters. The van der Waals surface area contributed by atoms with E-state index in [1.807, 2.05) is 33.8 Å². The number of carboxylic acids is 1. The fourth-order valence-corrected chi connectivity index (χ4v) is 3.11. The summed E-state index contributed by atoms with van der Waals surface area (Å²) in [7, 11) is 0. The second-order valence-corrected chi connectivity index (χ2v) is 7.51. The first-order valence-electron chi connectivity index (χ1n) is 9.12. The summed E-state index contributed by atoms with van der Waals surface area (Å²) in [6, 6.07) is 1.73. The number of hydrogen-bond acceptors (Lipinski definition) is 5. The van der Waals surface area contributed by atoms with E-state index in [9.17, 15) is 9.59 Å². The summed E-state index contributed by atoms with van der Waals surface area (Å²) < 4.78 is 5.43. The molecular weight excluding hydrogens is 334 g/mol. The molecule has 0 radical (unpaired) electrons. The van der Waals surface area contributed by atoms with Crippen molar-refractivity contribution in [2.45, 2.75) is 64.8 Å². The van der Waals surface area contributed by atoms with E-state index in [1.165, 1.54) is 0 Å². The standard InChI is InChI=1S/C19H25N3O4/c1-10(2)17-16-13(19(25)22(11(3)4)8-7-15(23)24)9-14(12-5-6-12)20-18(16)26-21-17/h9-12H,5-8H2,1-4H3,(H,23,24). The molecular formula is C19H25N3O4. The molecule has 1 N–H and O–H groups in total. The maximum Gasteiger partial charge on any atom is 0.305 e. The molecule has 0 saturated heterocycles. The van der Waals surface area contributed by atoms with E-state index in [0.29, 0.717) is 28.3 Å². The fraction of sp³-hybridized carbons (Fsp3) is 0.579. The smallest absolute Gasteiger partial charge is 0.305 e. The van der Waals surface area contributed by atoms with E-state index in [2.05, 4.69) is 10.1 Å². The number of nitrogens with zero attached hydrogens (tertiary/aromatic N) is 3. The summed E-state index contributed by atoms with van der Waals surface area (Å²) in [5.74, 6) is -0.663. The van der Waals surface area contributed by atoms with Gasteiger partial charge in [0.1, 0.15) is 0 Å². The van der Waals surface area contributed by atoms with Crippen molar-refractivity contribution in [2.24, 2.45) is 0 Å². The number of fused-ring (bicyclic) bond motifs is 1. The van der Waals surface area contributed by atoms with Crippen LogP contribution >= 0.6 is 0 Å². The fourth-order valence-electron chi connectivity index (χ4n) is 3.11. The number of rotatable bonds is 7. The van der Waals surface area contributed by atoms with Crippen LogP contribution in [0.2, 0.25) is 0 Å². The minimum absolute atomic E-state index is 0.0860. The molecule has 7 nitrogen and oxygen atoms in total. The van der Waals surface area contributed by atoms with Crippen LogP contribution in [0.5, 0.6) is 0 Å². The molecule has 1 amide bonds. The van der Waals surface area contributed by atoms with Crippen LogP contribution in [0.15, 0.2) is 10.6 Å². The number of carbonyl (C=O) groups is 2. The van der Waals surface area contributed by atoms with Crippen molar-refractivity contribution in [1.82, 2.24) is 15.0 Å². The molecule has 1 saturated carbocycles. The van der Waals surface area contributed by atoms with E-state index in [-0.39, 0.29) is 30.8 Å². The van der Waals surface area contributed by atoms with Crippen molar-refractivity contribution in [3.63, 3.8) is 0 Å². The molecule has 2 heterocycles. The molecule has 3 rings (SSSR count). The molecule has 26 heavy (non-hydrogen) atoms. The molecule has 2 aromatic heterocycles. The van der Waals surface area contributed by atoms with Crippen LogP contribution in [0.4, 0.5) is 0 Å². The van der Waals surface area contributed by atoms with Gasteiger partial charge in [0.25, 0.3) is 11.6 Å². The van der Waals surface area contributed by atoms with E-state index in [1.54, 1.807) is 4.90 Å². The Hall–Kier alpha value is -2.44. The lowest BCUT2D eigenvalue weighted by atomic mass is 10.0. The number of amides is 1. The van der Waals surface area contributed by atoms with Gasteiger partial charge in [-0.25, -0.2) is 4.98 Å². The largest absolute Gasteiger partial charge is 0.481 e. The number of carboxylic acid groups (broad SMARTS) is 1. The summed E-state index contributed by atoms with van der Waals surface area (Å²) in [6.07, 6.45) is 2.03. The molecule has 0 aliphatic heterocycles. The third-order valence-electron chi connectivity index (χ3n) is 4.72. The molecule has 0 spiro atoms. The molecule has 0 bridgehead atoms. The van der Waals surface area contributed by atoms with Gasteiger partial charge in [-0.15, -0.1) is 0 Å². The topological polar surface area (TPSA) is 96.5 Å². The zero-order valence-corrected chi connectivity index (χ0v) is 15.7. The van der Waals surface area contributed by atoms with Gasteiger partial charge in [-0.1, -0.05) is 19.0 Å². The van der Waals surface area contributed by atoms with Gasteiger partial charge in [0, 0.05) is 24.2 Å². The first kappa shape index (κ1) is 18.4. The van der Waals surface area contributed by atoms with Crippen molar-refractivity contribution in [2.75, 3.05) is 6.54 Å². The van der Waals surface area contributed by atoms with Gasteiger partial charge >= 0.3 is 5.97 Å². The predicted octanol–water partition coefficient (Wildman–Crippen LogP) is 3.55. The Morgan fingerprint density at radius 2 is 2.00 bits per heavy atom. The average Bonchev–Trinajstić information content (AvgIpc) is 3.32. The van der Waals surface area contributed by atoms with Crippen molar-refractivity contribution in [3.8, 4) is 0 Å². The summed E-state index contributed by atoms with van der Waals surface area (Å²) in [4.78, 5) is 30.5. The minimum atomic E-state index is -0.921. The lowest BCUT2D eigenvalue weighted by Crippen LogP contribution is -2.38. The predicted molar refractivity (Wildman–Crippen MR) is 96.3 cm³/mol. The van der Waals surface area contributed by atoms with Gasteiger partial charge in [-0.2, -0.15) is 0 Å². The van der Waals surface area contributed by atoms with Crippen molar-refractivity contribution in [1.29, 1.82) is 0 Å². The second kappa shape index (κ2) is 7.05. The highest BCUT2D eigenvalue weighted by Gasteiger charge is 2.31. The van der Waals surface area contributed by atoms with Crippen LogP contribution in [0.25, 0.3) is 11.1 Å². The summed E-state index contributed by atoms with van der Waals surface area (Å²) in [6.45, 7) is 7.92. The van der Waals surface area contributed by atoms with E-state index >= 15 is 0 Å². The summed E-state index contributed by atoms with van der Waals surface area (Å²) in [5.41, 5.74) is 2.47. The van der Waals surface area contributed by atoms with Gasteiger partial charge in [0.15, 0.2) is 0 Å². The molecule has 0 unspecified atom stereocenters. The zero-order valence-electron chi connectivity index (χ0n) is 15.7. The van der Waals surface area contributed by atoms with E-state index in [0.717, 1.165) is 18.5 Å². The van der Waals surface area contributed by atoms with Crippen LogP contribution in [0.1, 0.15) is 80.5 Å². The normalized spacial score (nSPS) is 14.4. The van der Waals surface area contributed by atoms with Crippen molar-refractivity contribution < 1.29 is 19.2 Å². The van der Waals surface area contributed by atoms with E-state index < -0.39 is 5.97 Å². The molecule has 0 aromatic carbocycles. The van der Waals surface area contributed by atoms with Crippen LogP contribution < -0.4 is 0 Å². The SMILES string of the molecule is CC(C)c1noc2nc(C3CC3)cc(C(=O)N(CCC(=O)O)C(C)C)c12. The third-order valence-corrected chi connectivity index (χ3v) is 4.72. The Morgan fingerprint density at radius 3 is 2.54 bits per heavy atom. The molecule has 7 heteroatoms. The Bertz CT molecular complexity index is 837. The molecule has 140 valence electrons. The van der Waals surface area contributed by atoms with Gasteiger partial charge in [-0.05, 0) is 38.7 Å². The number of aromatic nitrogens is 2. The second-order valence-electron chi connectivity index (χ2n) is 7.51.